The number of nitrogens with one attached hydrogen (secondary N) is 2. The van der Waals surface area contributed by atoms with Crippen molar-refractivity contribution >= 4 is 21.6 Å². The molecule has 0 unspecified atom stereocenters. The topological polar surface area (TPSA) is 93.7 Å². The van der Waals surface area contributed by atoms with E-state index in [4.69, 9.17) is 9.47 Å². The Bertz CT molecular complexity index is 621. The summed E-state index contributed by atoms with van der Waals surface area (Å²) in [4.78, 5) is 11.1. The summed E-state index contributed by atoms with van der Waals surface area (Å²) < 4.78 is 37.7. The third kappa shape index (κ3) is 4.51. The molecular weight excluding hydrogens is 308 g/mol. The van der Waals surface area contributed by atoms with Crippen LogP contribution < -0.4 is 10.0 Å². The Hall–Kier alpha value is -1.48. The second-order valence-electron chi connectivity index (χ2n) is 5.18. The van der Waals surface area contributed by atoms with E-state index in [0.717, 1.165) is 0 Å². The first-order chi connectivity index (χ1) is 10.3. The van der Waals surface area contributed by atoms with Crippen LogP contribution >= 0.6 is 0 Å². The van der Waals surface area contributed by atoms with E-state index in [2.05, 4.69) is 10.0 Å². The smallest absolute Gasteiger partial charge is 0.240 e. The molecule has 0 aromatic heterocycles. The molecule has 2 N–H and O–H groups in total. The normalized spacial score (nSPS) is 17.4. The van der Waals surface area contributed by atoms with Gasteiger partial charge in [-0.15, -0.1) is 0 Å². The molecule has 0 bridgehead atoms. The Morgan fingerprint density at radius 3 is 2.36 bits per heavy atom. The zero-order valence-corrected chi connectivity index (χ0v) is 13.4. The summed E-state index contributed by atoms with van der Waals surface area (Å²) in [5.41, 5.74) is 0.548. The largest absolute Gasteiger partial charge is 0.348 e. The van der Waals surface area contributed by atoms with Crippen LogP contribution in [0.25, 0.3) is 0 Å². The summed E-state index contributed by atoms with van der Waals surface area (Å²) in [6.45, 7) is 4.44. The van der Waals surface area contributed by atoms with Gasteiger partial charge in [0, 0.05) is 25.6 Å². The number of ether oxygens (including phenoxy) is 2. The lowest BCUT2D eigenvalue weighted by atomic mass is 10.2. The van der Waals surface area contributed by atoms with Crippen molar-refractivity contribution in [3.8, 4) is 0 Å². The Morgan fingerprint density at radius 1 is 1.23 bits per heavy atom. The van der Waals surface area contributed by atoms with Crippen LogP contribution in [0.2, 0.25) is 0 Å². The number of carbonyl (C=O) groups excluding carboxylic acids is 1. The standard InChI is InChI=1S/C14H20N2O5S/c1-11(17)16-12-3-5-13(6-4-12)22(18,19)15-8-7-14(2)20-9-10-21-14/h3-6,15H,7-10H2,1-2H3,(H,16,17). The van der Waals surface area contributed by atoms with Gasteiger partial charge in [-0.25, -0.2) is 13.1 Å². The van der Waals surface area contributed by atoms with Gasteiger partial charge in [-0.05, 0) is 31.2 Å². The first kappa shape index (κ1) is 16.9. The van der Waals surface area contributed by atoms with E-state index in [1.807, 2.05) is 0 Å². The zero-order valence-electron chi connectivity index (χ0n) is 12.6. The van der Waals surface area contributed by atoms with Crippen LogP contribution in [0.4, 0.5) is 5.69 Å². The Morgan fingerprint density at radius 2 is 1.82 bits per heavy atom. The molecule has 0 saturated carbocycles. The number of sulfonamides is 1. The van der Waals surface area contributed by atoms with Crippen LogP contribution in [0.1, 0.15) is 20.3 Å². The van der Waals surface area contributed by atoms with E-state index in [1.54, 1.807) is 19.1 Å². The summed E-state index contributed by atoms with van der Waals surface area (Å²) in [6.07, 6.45) is 0.427. The van der Waals surface area contributed by atoms with Crippen LogP contribution in [-0.2, 0) is 24.3 Å². The van der Waals surface area contributed by atoms with Gasteiger partial charge in [0.1, 0.15) is 0 Å². The van der Waals surface area contributed by atoms with E-state index in [0.29, 0.717) is 25.3 Å². The van der Waals surface area contributed by atoms with Gasteiger partial charge in [0.15, 0.2) is 5.79 Å². The second-order valence-corrected chi connectivity index (χ2v) is 6.95. The van der Waals surface area contributed by atoms with Crippen molar-refractivity contribution in [1.29, 1.82) is 0 Å². The summed E-state index contributed by atoms with van der Waals surface area (Å²) >= 11 is 0. The molecule has 1 heterocycles. The summed E-state index contributed by atoms with van der Waals surface area (Å²) in [7, 11) is -3.60. The fourth-order valence-corrected chi connectivity index (χ4v) is 3.15. The second kappa shape index (κ2) is 6.74. The molecule has 1 aromatic carbocycles. The maximum Gasteiger partial charge on any atom is 0.240 e. The molecule has 1 aromatic rings. The molecule has 0 aliphatic carbocycles. The van der Waals surface area contributed by atoms with E-state index in [9.17, 15) is 13.2 Å². The molecule has 2 rings (SSSR count). The molecule has 1 amide bonds. The Labute approximate surface area is 130 Å². The lowest BCUT2D eigenvalue weighted by Gasteiger charge is -2.22. The van der Waals surface area contributed by atoms with E-state index in [-0.39, 0.29) is 17.3 Å². The lowest BCUT2D eigenvalue weighted by Crippen LogP contribution is -2.33. The fourth-order valence-electron chi connectivity index (χ4n) is 2.12. The van der Waals surface area contributed by atoms with Gasteiger partial charge in [-0.3, -0.25) is 4.79 Å². The number of carbonyl (C=O) groups is 1. The molecule has 1 aliphatic rings. The molecule has 1 fully saturated rings. The molecule has 7 nitrogen and oxygen atoms in total. The molecular formula is C14H20N2O5S. The Balaban J connectivity index is 1.93. The number of hydrogen-bond acceptors (Lipinski definition) is 5. The van der Waals surface area contributed by atoms with Gasteiger partial charge in [-0.2, -0.15) is 0 Å². The molecule has 22 heavy (non-hydrogen) atoms. The highest BCUT2D eigenvalue weighted by Gasteiger charge is 2.30. The molecule has 0 atom stereocenters. The number of benzene rings is 1. The molecule has 8 heteroatoms. The number of hydrogen-bond donors (Lipinski definition) is 2. The molecule has 0 radical (unpaired) electrons. The summed E-state index contributed by atoms with van der Waals surface area (Å²) in [6, 6.07) is 5.97. The van der Waals surface area contributed by atoms with Crippen LogP contribution in [0.3, 0.4) is 0 Å². The number of rotatable bonds is 6. The monoisotopic (exact) mass is 328 g/mol. The minimum atomic E-state index is -3.60. The molecule has 0 spiro atoms. The van der Waals surface area contributed by atoms with Gasteiger partial charge in [0.05, 0.1) is 18.1 Å². The minimum Gasteiger partial charge on any atom is -0.348 e. The van der Waals surface area contributed by atoms with E-state index < -0.39 is 15.8 Å². The van der Waals surface area contributed by atoms with Crippen molar-refractivity contribution in [3.63, 3.8) is 0 Å². The van der Waals surface area contributed by atoms with Crippen LogP contribution in [0.15, 0.2) is 29.2 Å². The molecule has 1 saturated heterocycles. The molecule has 122 valence electrons. The van der Waals surface area contributed by atoms with Crippen molar-refractivity contribution in [3.05, 3.63) is 24.3 Å². The third-order valence-electron chi connectivity index (χ3n) is 3.25. The fraction of sp³-hybridized carbons (Fsp3) is 0.500. The van der Waals surface area contributed by atoms with Crippen molar-refractivity contribution in [2.45, 2.75) is 31.0 Å². The summed E-state index contributed by atoms with van der Waals surface area (Å²) in [5, 5.41) is 2.58. The maximum absolute atomic E-state index is 12.2. The van der Waals surface area contributed by atoms with Crippen LogP contribution in [0, 0.1) is 0 Å². The van der Waals surface area contributed by atoms with Crippen LogP contribution in [0.5, 0.6) is 0 Å². The highest BCUT2D eigenvalue weighted by Crippen LogP contribution is 2.22. The van der Waals surface area contributed by atoms with Crippen molar-refractivity contribution in [2.24, 2.45) is 0 Å². The van der Waals surface area contributed by atoms with Crippen molar-refractivity contribution in [2.75, 3.05) is 25.1 Å². The van der Waals surface area contributed by atoms with Crippen molar-refractivity contribution < 1.29 is 22.7 Å². The van der Waals surface area contributed by atoms with Gasteiger partial charge in [0.25, 0.3) is 0 Å². The van der Waals surface area contributed by atoms with Gasteiger partial charge in [0.2, 0.25) is 15.9 Å². The van der Waals surface area contributed by atoms with Gasteiger partial charge < -0.3 is 14.8 Å². The Kier molecular flexibility index (Phi) is 5.17. The zero-order chi connectivity index (χ0) is 16.2. The summed E-state index contributed by atoms with van der Waals surface area (Å²) in [5.74, 6) is -0.934. The predicted octanol–water partition coefficient (Wildman–Crippen LogP) is 1.08. The highest BCUT2D eigenvalue weighted by atomic mass is 32.2. The van der Waals surface area contributed by atoms with E-state index in [1.165, 1.54) is 19.1 Å². The minimum absolute atomic E-state index is 0.139. The lowest BCUT2D eigenvalue weighted by molar-refractivity contribution is -0.145. The van der Waals surface area contributed by atoms with Gasteiger partial charge in [-0.1, -0.05) is 0 Å². The quantitative estimate of drug-likeness (QED) is 0.815. The SMILES string of the molecule is CC(=O)Nc1ccc(S(=O)(=O)NCCC2(C)OCCO2)cc1. The van der Waals surface area contributed by atoms with Crippen molar-refractivity contribution in [1.82, 2.24) is 4.72 Å². The predicted molar refractivity (Wildman–Crippen MR) is 80.9 cm³/mol. The average molecular weight is 328 g/mol. The van der Waals surface area contributed by atoms with Gasteiger partial charge >= 0.3 is 0 Å². The highest BCUT2D eigenvalue weighted by molar-refractivity contribution is 7.89. The first-order valence-corrected chi connectivity index (χ1v) is 8.44. The van der Waals surface area contributed by atoms with E-state index >= 15 is 0 Å². The number of anilines is 1. The first-order valence-electron chi connectivity index (χ1n) is 6.96. The molecule has 1 aliphatic heterocycles. The maximum atomic E-state index is 12.2. The third-order valence-corrected chi connectivity index (χ3v) is 4.73. The number of amides is 1. The average Bonchev–Trinajstić information content (AvgIpc) is 2.85. The van der Waals surface area contributed by atoms with Crippen LogP contribution in [-0.4, -0.2) is 39.9 Å².